The van der Waals surface area contributed by atoms with Gasteiger partial charge < -0.3 is 15.3 Å². The Hall–Kier alpha value is -2.63. The highest BCUT2D eigenvalue weighted by atomic mass is 19.2. The monoisotopic (exact) mass is 279 g/mol. The van der Waals surface area contributed by atoms with Crippen molar-refractivity contribution in [3.8, 4) is 17.2 Å². The molecule has 104 valence electrons. The van der Waals surface area contributed by atoms with Gasteiger partial charge in [-0.05, 0) is 31.2 Å². The summed E-state index contributed by atoms with van der Waals surface area (Å²) in [5.41, 5.74) is 0.599. The van der Waals surface area contributed by atoms with Crippen molar-refractivity contribution in [3.63, 3.8) is 0 Å². The van der Waals surface area contributed by atoms with E-state index in [1.807, 2.05) is 0 Å². The highest BCUT2D eigenvalue weighted by Gasteiger charge is 2.13. The lowest BCUT2D eigenvalue weighted by atomic mass is 10.1. The number of aromatic hydroxyl groups is 3. The fourth-order valence-corrected chi connectivity index (χ4v) is 1.67. The van der Waals surface area contributed by atoms with Gasteiger partial charge in [0.2, 0.25) is 5.75 Å². The van der Waals surface area contributed by atoms with Crippen molar-refractivity contribution in [2.75, 3.05) is 0 Å². The van der Waals surface area contributed by atoms with Gasteiger partial charge in [0.1, 0.15) is 0 Å². The Bertz CT molecular complexity index is 699. The number of halogens is 2. The quantitative estimate of drug-likeness (QED) is 0.583. The minimum atomic E-state index is -1.03. The van der Waals surface area contributed by atoms with Crippen LogP contribution in [0.5, 0.6) is 17.2 Å². The number of benzene rings is 2. The zero-order valence-electron chi connectivity index (χ0n) is 10.4. The fourth-order valence-electron chi connectivity index (χ4n) is 1.67. The average Bonchev–Trinajstić information content (AvgIpc) is 2.40. The van der Waals surface area contributed by atoms with Gasteiger partial charge in [-0.2, -0.15) is 0 Å². The third-order valence-electron chi connectivity index (χ3n) is 2.72. The van der Waals surface area contributed by atoms with E-state index >= 15 is 0 Å². The molecule has 4 nitrogen and oxygen atoms in total. The van der Waals surface area contributed by atoms with E-state index in [9.17, 15) is 24.1 Å². The number of phenols is 3. The Morgan fingerprint density at radius 3 is 2.30 bits per heavy atom. The van der Waals surface area contributed by atoms with Crippen LogP contribution in [0.25, 0.3) is 0 Å². The summed E-state index contributed by atoms with van der Waals surface area (Å²) in [5.74, 6) is -3.67. The molecule has 0 heterocycles. The molecule has 0 atom stereocenters. The van der Waals surface area contributed by atoms with Gasteiger partial charge in [0.15, 0.2) is 23.1 Å². The number of hydrogen-bond acceptors (Lipinski definition) is 4. The van der Waals surface area contributed by atoms with Crippen LogP contribution in [0.4, 0.5) is 14.5 Å². The molecule has 20 heavy (non-hydrogen) atoms. The summed E-state index contributed by atoms with van der Waals surface area (Å²) in [6.07, 6.45) is 0. The molecule has 6 heteroatoms. The highest BCUT2D eigenvalue weighted by Crippen LogP contribution is 2.37. The van der Waals surface area contributed by atoms with E-state index in [4.69, 9.17) is 0 Å². The maximum atomic E-state index is 13.1. The second-order valence-electron chi connectivity index (χ2n) is 4.13. The zero-order chi connectivity index (χ0) is 14.9. The maximum absolute atomic E-state index is 13.1. The fraction of sp³-hybridized carbons (Fsp3) is 0.0714. The summed E-state index contributed by atoms with van der Waals surface area (Å²) < 4.78 is 25.9. The summed E-state index contributed by atoms with van der Waals surface area (Å²) in [6, 6.07) is 5.67. The largest absolute Gasteiger partial charge is 0.504 e. The van der Waals surface area contributed by atoms with Crippen molar-refractivity contribution in [1.29, 1.82) is 0 Å². The van der Waals surface area contributed by atoms with E-state index in [1.54, 1.807) is 0 Å². The Labute approximate surface area is 113 Å². The van der Waals surface area contributed by atoms with Gasteiger partial charge in [0.05, 0.1) is 5.69 Å². The second kappa shape index (κ2) is 5.16. The lowest BCUT2D eigenvalue weighted by molar-refractivity contribution is 0.367. The third-order valence-corrected chi connectivity index (χ3v) is 2.72. The molecule has 3 N–H and O–H groups in total. The molecule has 0 aliphatic carbocycles. The summed E-state index contributed by atoms with van der Waals surface area (Å²) in [7, 11) is 0. The van der Waals surface area contributed by atoms with Gasteiger partial charge in [-0.25, -0.2) is 8.78 Å². The number of rotatable bonds is 2. The van der Waals surface area contributed by atoms with Crippen molar-refractivity contribution in [2.45, 2.75) is 6.92 Å². The summed E-state index contributed by atoms with van der Waals surface area (Å²) in [6.45, 7) is 1.52. The van der Waals surface area contributed by atoms with Crippen molar-refractivity contribution in [2.24, 2.45) is 4.99 Å². The molecular weight excluding hydrogens is 268 g/mol. The van der Waals surface area contributed by atoms with Crippen LogP contribution < -0.4 is 0 Å². The molecule has 0 aliphatic rings. The third kappa shape index (κ3) is 2.54. The molecule has 0 saturated heterocycles. The first-order valence-corrected chi connectivity index (χ1v) is 5.64. The SMILES string of the molecule is CC(=Nc1ccc(F)c(F)c1)c1ccc(O)c(O)c1O. The lowest BCUT2D eigenvalue weighted by Gasteiger charge is -2.07. The molecule has 0 spiro atoms. The normalized spacial score (nSPS) is 11.7. The van der Waals surface area contributed by atoms with Gasteiger partial charge in [0, 0.05) is 17.3 Å². The van der Waals surface area contributed by atoms with Crippen molar-refractivity contribution in [1.82, 2.24) is 0 Å². The van der Waals surface area contributed by atoms with E-state index in [1.165, 1.54) is 25.1 Å². The minimum absolute atomic E-state index is 0.161. The molecule has 0 bridgehead atoms. The van der Waals surface area contributed by atoms with Gasteiger partial charge >= 0.3 is 0 Å². The lowest BCUT2D eigenvalue weighted by Crippen LogP contribution is -1.95. The average molecular weight is 279 g/mol. The summed E-state index contributed by atoms with van der Waals surface area (Å²) in [4.78, 5) is 4.02. The first kappa shape index (κ1) is 13.8. The second-order valence-corrected chi connectivity index (χ2v) is 4.13. The molecule has 0 radical (unpaired) electrons. The van der Waals surface area contributed by atoms with Crippen molar-refractivity contribution < 1.29 is 24.1 Å². The summed E-state index contributed by atoms with van der Waals surface area (Å²) >= 11 is 0. The van der Waals surface area contributed by atoms with E-state index in [0.29, 0.717) is 0 Å². The van der Waals surface area contributed by atoms with Crippen LogP contribution in [-0.2, 0) is 0 Å². The molecule has 0 fully saturated rings. The smallest absolute Gasteiger partial charge is 0.200 e. The zero-order valence-corrected chi connectivity index (χ0v) is 10.4. The van der Waals surface area contributed by atoms with E-state index in [2.05, 4.69) is 4.99 Å². The summed E-state index contributed by atoms with van der Waals surface area (Å²) in [5, 5.41) is 28.3. The standard InChI is InChI=1S/C14H11F2NO3/c1-7(9-3-5-12(18)14(20)13(9)19)17-8-2-4-10(15)11(16)6-8/h2-6,18-20H,1H3. The predicted molar refractivity (Wildman–Crippen MR) is 69.7 cm³/mol. The van der Waals surface area contributed by atoms with Crippen LogP contribution in [0.1, 0.15) is 12.5 Å². The van der Waals surface area contributed by atoms with Crippen LogP contribution in [0.3, 0.4) is 0 Å². The Balaban J connectivity index is 2.45. The van der Waals surface area contributed by atoms with Gasteiger partial charge in [-0.15, -0.1) is 0 Å². The van der Waals surface area contributed by atoms with Crippen molar-refractivity contribution >= 4 is 11.4 Å². The number of phenolic OH excluding ortho intramolecular Hbond substituents is 3. The number of hydrogen-bond donors (Lipinski definition) is 3. The van der Waals surface area contributed by atoms with Gasteiger partial charge in [-0.3, -0.25) is 4.99 Å². The molecule has 0 unspecified atom stereocenters. The van der Waals surface area contributed by atoms with Gasteiger partial charge in [-0.1, -0.05) is 0 Å². The van der Waals surface area contributed by atoms with Crippen LogP contribution in [0, 0.1) is 11.6 Å². The molecule has 2 aromatic rings. The molecular formula is C14H11F2NO3. The maximum Gasteiger partial charge on any atom is 0.200 e. The first-order valence-electron chi connectivity index (χ1n) is 5.64. The number of aliphatic imine (C=N–C) groups is 1. The number of nitrogens with zero attached hydrogens (tertiary/aromatic N) is 1. The van der Waals surface area contributed by atoms with Crippen LogP contribution in [0.2, 0.25) is 0 Å². The topological polar surface area (TPSA) is 73.1 Å². The molecule has 0 aliphatic heterocycles. The Kier molecular flexibility index (Phi) is 3.56. The van der Waals surface area contributed by atoms with Gasteiger partial charge in [0.25, 0.3) is 0 Å². The van der Waals surface area contributed by atoms with Crippen LogP contribution >= 0.6 is 0 Å². The van der Waals surface area contributed by atoms with E-state index in [-0.39, 0.29) is 17.0 Å². The highest BCUT2D eigenvalue weighted by molar-refractivity contribution is 6.03. The minimum Gasteiger partial charge on any atom is -0.504 e. The van der Waals surface area contributed by atoms with E-state index < -0.39 is 28.9 Å². The first-order chi connectivity index (χ1) is 9.40. The predicted octanol–water partition coefficient (Wildman–Crippen LogP) is 3.22. The Morgan fingerprint density at radius 2 is 1.65 bits per heavy atom. The molecule has 2 rings (SSSR count). The molecule has 0 saturated carbocycles. The van der Waals surface area contributed by atoms with Crippen molar-refractivity contribution in [3.05, 3.63) is 47.5 Å². The molecule has 0 amide bonds. The van der Waals surface area contributed by atoms with Crippen LogP contribution in [0.15, 0.2) is 35.3 Å². The Morgan fingerprint density at radius 1 is 0.950 bits per heavy atom. The molecule has 0 aromatic heterocycles. The molecule has 2 aromatic carbocycles. The van der Waals surface area contributed by atoms with E-state index in [0.717, 1.165) is 12.1 Å². The van der Waals surface area contributed by atoms with Crippen LogP contribution in [-0.4, -0.2) is 21.0 Å².